The van der Waals surface area contributed by atoms with Crippen molar-refractivity contribution in [3.63, 3.8) is 0 Å². The van der Waals surface area contributed by atoms with Crippen molar-refractivity contribution in [1.29, 1.82) is 0 Å². The normalized spacial score (nSPS) is 29.5. The molecule has 0 aromatic rings. The van der Waals surface area contributed by atoms with Gasteiger partial charge in [0.1, 0.15) is 0 Å². The van der Waals surface area contributed by atoms with Crippen LogP contribution in [0.5, 0.6) is 0 Å². The predicted octanol–water partition coefficient (Wildman–Crippen LogP) is 1.86. The molecule has 3 nitrogen and oxygen atoms in total. The Labute approximate surface area is 93.3 Å². The van der Waals surface area contributed by atoms with Gasteiger partial charge in [0.25, 0.3) is 0 Å². The van der Waals surface area contributed by atoms with E-state index < -0.39 is 9.84 Å². The summed E-state index contributed by atoms with van der Waals surface area (Å²) in [4.78, 5) is 0. The lowest BCUT2D eigenvalue weighted by molar-refractivity contribution is 0.444. The zero-order valence-corrected chi connectivity index (χ0v) is 10.4. The van der Waals surface area contributed by atoms with E-state index in [-0.39, 0.29) is 11.3 Å². The van der Waals surface area contributed by atoms with Crippen LogP contribution in [-0.2, 0) is 9.84 Å². The zero-order chi connectivity index (χ0) is 11.3. The third kappa shape index (κ3) is 3.76. The molecule has 0 amide bonds. The maximum absolute atomic E-state index is 12.0. The molecule has 2 unspecified atom stereocenters. The molecule has 2 atom stereocenters. The first-order chi connectivity index (χ1) is 7.08. The highest BCUT2D eigenvalue weighted by Crippen LogP contribution is 2.22. The number of hydrogen-bond acceptors (Lipinski definition) is 3. The average molecular weight is 233 g/mol. The molecule has 0 aromatic carbocycles. The SMILES string of the molecule is CCCS(=O)(=O)C1CCCCCCC1N. The van der Waals surface area contributed by atoms with Gasteiger partial charge in [-0.15, -0.1) is 0 Å². The van der Waals surface area contributed by atoms with Crippen molar-refractivity contribution in [2.24, 2.45) is 5.73 Å². The minimum atomic E-state index is -2.95. The van der Waals surface area contributed by atoms with Gasteiger partial charge in [-0.3, -0.25) is 0 Å². The van der Waals surface area contributed by atoms with Crippen molar-refractivity contribution in [3.05, 3.63) is 0 Å². The number of hydrogen-bond donors (Lipinski definition) is 1. The molecule has 0 heterocycles. The number of nitrogens with two attached hydrogens (primary N) is 1. The highest BCUT2D eigenvalue weighted by Gasteiger charge is 2.30. The maximum Gasteiger partial charge on any atom is 0.154 e. The number of rotatable bonds is 3. The summed E-state index contributed by atoms with van der Waals surface area (Å²) in [5.74, 6) is 0.297. The average Bonchev–Trinajstić information content (AvgIpc) is 2.11. The van der Waals surface area contributed by atoms with Gasteiger partial charge in [0, 0.05) is 6.04 Å². The Morgan fingerprint density at radius 1 is 1.13 bits per heavy atom. The monoisotopic (exact) mass is 233 g/mol. The second-order valence-electron chi connectivity index (χ2n) is 4.56. The van der Waals surface area contributed by atoms with Gasteiger partial charge in [0.2, 0.25) is 0 Å². The predicted molar refractivity (Wildman–Crippen MR) is 63.5 cm³/mol. The van der Waals surface area contributed by atoms with Crippen LogP contribution in [-0.4, -0.2) is 25.5 Å². The third-order valence-corrected chi connectivity index (χ3v) is 5.69. The minimum absolute atomic E-state index is 0.137. The van der Waals surface area contributed by atoms with E-state index in [2.05, 4.69) is 0 Å². The van der Waals surface area contributed by atoms with E-state index in [9.17, 15) is 8.42 Å². The third-order valence-electron chi connectivity index (χ3n) is 3.20. The van der Waals surface area contributed by atoms with E-state index >= 15 is 0 Å². The van der Waals surface area contributed by atoms with Crippen LogP contribution in [0.4, 0.5) is 0 Å². The first kappa shape index (κ1) is 13.0. The fraction of sp³-hybridized carbons (Fsp3) is 1.00. The van der Waals surface area contributed by atoms with Crippen molar-refractivity contribution in [1.82, 2.24) is 0 Å². The topological polar surface area (TPSA) is 60.2 Å². The zero-order valence-electron chi connectivity index (χ0n) is 9.61. The molecule has 0 aliphatic heterocycles. The van der Waals surface area contributed by atoms with Crippen molar-refractivity contribution in [2.75, 3.05) is 5.75 Å². The summed E-state index contributed by atoms with van der Waals surface area (Å²) in [5, 5.41) is -0.280. The fourth-order valence-electron chi connectivity index (χ4n) is 2.36. The largest absolute Gasteiger partial charge is 0.327 e. The van der Waals surface area contributed by atoms with Crippen molar-refractivity contribution >= 4 is 9.84 Å². The fourth-order valence-corrected chi connectivity index (χ4v) is 4.43. The Bertz CT molecular complexity index is 274. The van der Waals surface area contributed by atoms with Crippen LogP contribution >= 0.6 is 0 Å². The molecule has 90 valence electrons. The van der Waals surface area contributed by atoms with Gasteiger partial charge >= 0.3 is 0 Å². The van der Waals surface area contributed by atoms with Gasteiger partial charge in [0.05, 0.1) is 11.0 Å². The molecular weight excluding hydrogens is 210 g/mol. The molecule has 0 aromatic heterocycles. The molecule has 1 fully saturated rings. The van der Waals surface area contributed by atoms with E-state index in [4.69, 9.17) is 5.73 Å². The first-order valence-electron chi connectivity index (χ1n) is 6.05. The van der Waals surface area contributed by atoms with Crippen molar-refractivity contribution in [2.45, 2.75) is 63.2 Å². The molecule has 2 N–H and O–H groups in total. The molecular formula is C11H23NO2S. The first-order valence-corrected chi connectivity index (χ1v) is 7.76. The Balaban J connectivity index is 2.70. The van der Waals surface area contributed by atoms with Gasteiger partial charge in [-0.05, 0) is 19.3 Å². The highest BCUT2D eigenvalue weighted by atomic mass is 32.2. The van der Waals surface area contributed by atoms with Crippen LogP contribution < -0.4 is 5.73 Å². The van der Waals surface area contributed by atoms with Gasteiger partial charge in [-0.1, -0.05) is 32.6 Å². The Kier molecular flexibility index (Phi) is 5.06. The lowest BCUT2D eigenvalue weighted by atomic mass is 9.97. The second kappa shape index (κ2) is 5.85. The van der Waals surface area contributed by atoms with E-state index in [0.717, 1.165) is 32.1 Å². The maximum atomic E-state index is 12.0. The molecule has 1 saturated carbocycles. The summed E-state index contributed by atoms with van der Waals surface area (Å²) in [6.07, 6.45) is 6.79. The van der Waals surface area contributed by atoms with Crippen LogP contribution in [0.25, 0.3) is 0 Å². The Morgan fingerprint density at radius 3 is 2.33 bits per heavy atom. The molecule has 0 bridgehead atoms. The minimum Gasteiger partial charge on any atom is -0.327 e. The van der Waals surface area contributed by atoms with Gasteiger partial charge in [-0.2, -0.15) is 0 Å². The summed E-state index contributed by atoms with van der Waals surface area (Å²) >= 11 is 0. The van der Waals surface area contributed by atoms with Gasteiger partial charge < -0.3 is 5.73 Å². The van der Waals surface area contributed by atoms with E-state index in [0.29, 0.717) is 12.2 Å². The van der Waals surface area contributed by atoms with Crippen LogP contribution in [0.3, 0.4) is 0 Å². The van der Waals surface area contributed by atoms with Crippen LogP contribution in [0.1, 0.15) is 51.9 Å². The molecule has 15 heavy (non-hydrogen) atoms. The van der Waals surface area contributed by atoms with Gasteiger partial charge in [0.15, 0.2) is 9.84 Å². The second-order valence-corrected chi connectivity index (χ2v) is 6.90. The standard InChI is InChI=1S/C11H23NO2S/c1-2-9-15(13,14)11-8-6-4-3-5-7-10(11)12/h10-11H,2-9,12H2,1H3. The van der Waals surface area contributed by atoms with E-state index in [1.165, 1.54) is 6.42 Å². The molecule has 0 spiro atoms. The smallest absolute Gasteiger partial charge is 0.154 e. The molecule has 0 saturated heterocycles. The summed E-state index contributed by atoms with van der Waals surface area (Å²) in [7, 11) is -2.95. The summed E-state index contributed by atoms with van der Waals surface area (Å²) in [6, 6.07) is -0.137. The molecule has 1 aliphatic carbocycles. The van der Waals surface area contributed by atoms with Crippen LogP contribution in [0.2, 0.25) is 0 Å². The van der Waals surface area contributed by atoms with Crippen molar-refractivity contribution < 1.29 is 8.42 Å². The lowest BCUT2D eigenvalue weighted by Gasteiger charge is -2.26. The summed E-state index contributed by atoms with van der Waals surface area (Å²) in [5.41, 5.74) is 5.99. The van der Waals surface area contributed by atoms with Crippen LogP contribution in [0.15, 0.2) is 0 Å². The Morgan fingerprint density at radius 2 is 1.73 bits per heavy atom. The Hall–Kier alpha value is -0.0900. The van der Waals surface area contributed by atoms with Crippen molar-refractivity contribution in [3.8, 4) is 0 Å². The number of sulfone groups is 1. The van der Waals surface area contributed by atoms with E-state index in [1.807, 2.05) is 6.92 Å². The quantitative estimate of drug-likeness (QED) is 0.809. The van der Waals surface area contributed by atoms with Gasteiger partial charge in [-0.25, -0.2) is 8.42 Å². The van der Waals surface area contributed by atoms with E-state index in [1.54, 1.807) is 0 Å². The molecule has 1 rings (SSSR count). The molecule has 1 aliphatic rings. The highest BCUT2D eigenvalue weighted by molar-refractivity contribution is 7.92. The van der Waals surface area contributed by atoms with Crippen LogP contribution in [0, 0.1) is 0 Å². The molecule has 4 heteroatoms. The molecule has 0 radical (unpaired) electrons. The summed E-state index contributed by atoms with van der Waals surface area (Å²) < 4.78 is 24.0. The summed E-state index contributed by atoms with van der Waals surface area (Å²) in [6.45, 7) is 1.91. The lowest BCUT2D eigenvalue weighted by Crippen LogP contribution is -2.42.